The molecule has 0 aliphatic carbocycles. The third-order valence-electron chi connectivity index (χ3n) is 2.82. The molecule has 0 radical (unpaired) electrons. The van der Waals surface area contributed by atoms with Crippen LogP contribution in [0.25, 0.3) is 0 Å². The van der Waals surface area contributed by atoms with Crippen LogP contribution in [0.2, 0.25) is 0 Å². The van der Waals surface area contributed by atoms with Crippen molar-refractivity contribution < 1.29 is 19.4 Å². The van der Waals surface area contributed by atoms with Crippen molar-refractivity contribution in [1.29, 1.82) is 0 Å². The molecule has 0 unspecified atom stereocenters. The van der Waals surface area contributed by atoms with Crippen LogP contribution in [0.3, 0.4) is 0 Å². The first-order valence-electron chi connectivity index (χ1n) is 6.43. The highest BCUT2D eigenvalue weighted by Crippen LogP contribution is 2.26. The normalized spacial score (nSPS) is 10.1. The molecule has 21 heavy (non-hydrogen) atoms. The summed E-state index contributed by atoms with van der Waals surface area (Å²) in [4.78, 5) is 23.5. The summed E-state index contributed by atoms with van der Waals surface area (Å²) in [5.74, 6) is -0.946. The molecule has 1 heterocycles. The van der Waals surface area contributed by atoms with E-state index in [-0.39, 0.29) is 5.91 Å². The van der Waals surface area contributed by atoms with Crippen molar-refractivity contribution in [3.63, 3.8) is 0 Å². The van der Waals surface area contributed by atoms with Crippen LogP contribution in [0.15, 0.2) is 35.7 Å². The molecule has 0 bridgehead atoms. The summed E-state index contributed by atoms with van der Waals surface area (Å²) in [5, 5.41) is 13.3. The predicted molar refractivity (Wildman–Crippen MR) is 81.2 cm³/mol. The van der Waals surface area contributed by atoms with Crippen LogP contribution < -0.4 is 10.1 Å². The van der Waals surface area contributed by atoms with E-state index >= 15 is 0 Å². The molecule has 1 amide bonds. The molecule has 0 spiro atoms. The van der Waals surface area contributed by atoms with Crippen molar-refractivity contribution in [2.45, 2.75) is 13.3 Å². The number of benzene rings is 1. The average molecular weight is 305 g/mol. The van der Waals surface area contributed by atoms with Gasteiger partial charge in [-0.1, -0.05) is 19.1 Å². The number of hydrogen-bond donors (Lipinski definition) is 2. The third-order valence-corrected chi connectivity index (χ3v) is 3.78. The minimum Gasteiger partial charge on any atom is -0.480 e. The van der Waals surface area contributed by atoms with E-state index in [4.69, 9.17) is 9.84 Å². The Morgan fingerprint density at radius 1 is 1.29 bits per heavy atom. The van der Waals surface area contributed by atoms with Gasteiger partial charge in [0.15, 0.2) is 6.61 Å². The third kappa shape index (κ3) is 3.82. The van der Waals surface area contributed by atoms with E-state index in [0.717, 1.165) is 12.0 Å². The fraction of sp³-hybridized carbons (Fsp3) is 0.200. The van der Waals surface area contributed by atoms with Gasteiger partial charge >= 0.3 is 5.97 Å². The smallest absolute Gasteiger partial charge is 0.341 e. The molecule has 0 aliphatic heterocycles. The Bertz CT molecular complexity index is 651. The van der Waals surface area contributed by atoms with Crippen molar-refractivity contribution in [2.24, 2.45) is 0 Å². The van der Waals surface area contributed by atoms with Crippen molar-refractivity contribution in [1.82, 2.24) is 0 Å². The highest BCUT2D eigenvalue weighted by atomic mass is 32.1. The van der Waals surface area contributed by atoms with Crippen LogP contribution >= 0.6 is 11.3 Å². The molecule has 0 fully saturated rings. The molecule has 0 aliphatic rings. The highest BCUT2D eigenvalue weighted by molar-refractivity contribution is 7.12. The Morgan fingerprint density at radius 2 is 2.05 bits per heavy atom. The molecule has 0 saturated carbocycles. The van der Waals surface area contributed by atoms with Crippen molar-refractivity contribution >= 4 is 28.9 Å². The Kier molecular flexibility index (Phi) is 4.94. The number of aliphatic carboxylic acids is 1. The maximum absolute atomic E-state index is 12.3. The number of aryl methyl sites for hydroxylation is 1. The number of para-hydroxylation sites is 2. The van der Waals surface area contributed by atoms with Crippen LogP contribution in [-0.2, 0) is 11.2 Å². The second-order valence-corrected chi connectivity index (χ2v) is 5.18. The van der Waals surface area contributed by atoms with Gasteiger partial charge in [-0.3, -0.25) is 4.79 Å². The van der Waals surface area contributed by atoms with E-state index in [1.165, 1.54) is 11.3 Å². The number of carbonyl (C=O) groups is 2. The quantitative estimate of drug-likeness (QED) is 0.860. The number of thiophene rings is 1. The molecule has 1 aromatic carbocycles. The van der Waals surface area contributed by atoms with E-state index in [9.17, 15) is 9.59 Å². The second kappa shape index (κ2) is 6.90. The summed E-state index contributed by atoms with van der Waals surface area (Å²) in [5.41, 5.74) is 1.45. The summed E-state index contributed by atoms with van der Waals surface area (Å²) in [6, 6.07) is 8.68. The molecule has 2 N–H and O–H groups in total. The molecule has 0 atom stereocenters. The maximum atomic E-state index is 12.3. The SMILES string of the molecule is CCc1ccsc1C(=O)Nc1ccccc1OCC(=O)O. The first kappa shape index (κ1) is 15.1. The van der Waals surface area contributed by atoms with Gasteiger partial charge in [-0.05, 0) is 35.6 Å². The first-order valence-corrected chi connectivity index (χ1v) is 7.31. The standard InChI is InChI=1S/C15H15NO4S/c1-2-10-7-8-21-14(10)15(19)16-11-5-3-4-6-12(11)20-9-13(17)18/h3-8H,2,9H2,1H3,(H,16,19)(H,17,18). The lowest BCUT2D eigenvalue weighted by atomic mass is 10.2. The van der Waals surface area contributed by atoms with Gasteiger partial charge in [-0.25, -0.2) is 4.79 Å². The minimum atomic E-state index is -1.07. The molecular formula is C15H15NO4S. The van der Waals surface area contributed by atoms with Gasteiger partial charge in [0.05, 0.1) is 10.6 Å². The number of hydrogen-bond acceptors (Lipinski definition) is 4. The van der Waals surface area contributed by atoms with Gasteiger partial charge < -0.3 is 15.2 Å². The second-order valence-electron chi connectivity index (χ2n) is 4.26. The van der Waals surface area contributed by atoms with E-state index in [0.29, 0.717) is 16.3 Å². The van der Waals surface area contributed by atoms with Gasteiger partial charge in [0.2, 0.25) is 0 Å². The molecule has 5 nitrogen and oxygen atoms in total. The number of carbonyl (C=O) groups excluding carboxylic acids is 1. The molecule has 2 rings (SSSR count). The Labute approximate surface area is 126 Å². The molecular weight excluding hydrogens is 290 g/mol. The van der Waals surface area contributed by atoms with Crippen LogP contribution in [0, 0.1) is 0 Å². The van der Waals surface area contributed by atoms with Crippen LogP contribution in [0.5, 0.6) is 5.75 Å². The summed E-state index contributed by atoms with van der Waals surface area (Å²) >= 11 is 1.38. The zero-order valence-electron chi connectivity index (χ0n) is 11.5. The summed E-state index contributed by atoms with van der Waals surface area (Å²) < 4.78 is 5.16. The highest BCUT2D eigenvalue weighted by Gasteiger charge is 2.14. The molecule has 2 aromatic rings. The van der Waals surface area contributed by atoms with E-state index in [1.807, 2.05) is 18.4 Å². The van der Waals surface area contributed by atoms with E-state index in [2.05, 4.69) is 5.32 Å². The molecule has 1 aromatic heterocycles. The lowest BCUT2D eigenvalue weighted by Gasteiger charge is -2.11. The largest absolute Gasteiger partial charge is 0.480 e. The van der Waals surface area contributed by atoms with Crippen molar-refractivity contribution in [2.75, 3.05) is 11.9 Å². The lowest BCUT2D eigenvalue weighted by Crippen LogP contribution is -2.15. The molecule has 110 valence electrons. The lowest BCUT2D eigenvalue weighted by molar-refractivity contribution is -0.139. The van der Waals surface area contributed by atoms with Crippen LogP contribution in [-0.4, -0.2) is 23.6 Å². The number of ether oxygens (including phenoxy) is 1. The Morgan fingerprint density at radius 3 is 2.76 bits per heavy atom. The summed E-state index contributed by atoms with van der Waals surface area (Å²) in [6.45, 7) is 1.54. The number of nitrogens with one attached hydrogen (secondary N) is 1. The zero-order valence-corrected chi connectivity index (χ0v) is 12.3. The maximum Gasteiger partial charge on any atom is 0.341 e. The monoisotopic (exact) mass is 305 g/mol. The topological polar surface area (TPSA) is 75.6 Å². The summed E-state index contributed by atoms with van der Waals surface area (Å²) in [6.07, 6.45) is 0.781. The average Bonchev–Trinajstić information content (AvgIpc) is 2.94. The number of anilines is 1. The van der Waals surface area contributed by atoms with Crippen molar-refractivity contribution in [3.8, 4) is 5.75 Å². The van der Waals surface area contributed by atoms with Crippen LogP contribution in [0.1, 0.15) is 22.2 Å². The van der Waals surface area contributed by atoms with Crippen molar-refractivity contribution in [3.05, 3.63) is 46.2 Å². The molecule has 6 heteroatoms. The van der Waals surface area contributed by atoms with Crippen LogP contribution in [0.4, 0.5) is 5.69 Å². The summed E-state index contributed by atoms with van der Waals surface area (Å²) in [7, 11) is 0. The zero-order chi connectivity index (χ0) is 15.2. The minimum absolute atomic E-state index is 0.215. The fourth-order valence-corrected chi connectivity index (χ4v) is 2.72. The number of amides is 1. The molecule has 0 saturated heterocycles. The Balaban J connectivity index is 2.15. The number of rotatable bonds is 6. The van der Waals surface area contributed by atoms with E-state index in [1.54, 1.807) is 24.3 Å². The number of carboxylic acid groups (broad SMARTS) is 1. The van der Waals surface area contributed by atoms with E-state index < -0.39 is 12.6 Å². The predicted octanol–water partition coefficient (Wildman–Crippen LogP) is 3.03. The van der Waals surface area contributed by atoms with Gasteiger partial charge in [-0.2, -0.15) is 0 Å². The first-order chi connectivity index (χ1) is 10.1. The van der Waals surface area contributed by atoms with Gasteiger partial charge in [0.1, 0.15) is 5.75 Å². The van der Waals surface area contributed by atoms with Gasteiger partial charge in [0.25, 0.3) is 5.91 Å². The fourth-order valence-electron chi connectivity index (χ4n) is 1.83. The van der Waals surface area contributed by atoms with Gasteiger partial charge in [-0.15, -0.1) is 11.3 Å². The van der Waals surface area contributed by atoms with Gasteiger partial charge in [0, 0.05) is 0 Å². The Hall–Kier alpha value is -2.34. The number of carboxylic acids is 1.